The number of hydrazine groups is 1. The van der Waals surface area contributed by atoms with Gasteiger partial charge in [-0.15, -0.1) is 0 Å². The topological polar surface area (TPSA) is 112 Å². The molecule has 0 bridgehead atoms. The summed E-state index contributed by atoms with van der Waals surface area (Å²) in [4.78, 5) is 41.4. The summed E-state index contributed by atoms with van der Waals surface area (Å²) < 4.78 is 0. The third-order valence-electron chi connectivity index (χ3n) is 7.50. The molecule has 0 radical (unpaired) electrons. The Hall–Kier alpha value is -4.98. The van der Waals surface area contributed by atoms with Crippen molar-refractivity contribution in [1.82, 2.24) is 15.7 Å². The minimum Gasteiger partial charge on any atom is -0.475 e. The van der Waals surface area contributed by atoms with Crippen LogP contribution in [0.15, 0.2) is 103 Å². The number of carbonyl (C=O) groups is 3. The van der Waals surface area contributed by atoms with Gasteiger partial charge in [0.1, 0.15) is 0 Å². The molecule has 8 nitrogen and oxygen atoms in total. The molecule has 1 aliphatic rings. The Bertz CT molecular complexity index is 1460. The smallest absolute Gasteiger partial charge is 0.377 e. The molecule has 1 heterocycles. The second-order valence-electron chi connectivity index (χ2n) is 10.1. The summed E-state index contributed by atoms with van der Waals surface area (Å²) in [5.74, 6) is -2.18. The van der Waals surface area contributed by atoms with Gasteiger partial charge in [0, 0.05) is 24.5 Å². The fourth-order valence-electron chi connectivity index (χ4n) is 5.55. The molecule has 4 aromatic rings. The highest BCUT2D eigenvalue weighted by molar-refractivity contribution is 6.40. The van der Waals surface area contributed by atoms with E-state index in [1.165, 1.54) is 0 Å². The number of pyridine rings is 1. The van der Waals surface area contributed by atoms with Gasteiger partial charge >= 0.3 is 12.0 Å². The van der Waals surface area contributed by atoms with E-state index < -0.39 is 17.8 Å². The number of urea groups is 1. The van der Waals surface area contributed by atoms with Crippen LogP contribution in [0, 0.1) is 0 Å². The molecule has 0 spiro atoms. The molecule has 0 fully saturated rings. The molecule has 8 heteroatoms. The largest absolute Gasteiger partial charge is 0.475 e. The number of carboxylic acid groups (broad SMARTS) is 1. The van der Waals surface area contributed by atoms with Crippen LogP contribution in [-0.4, -0.2) is 34.4 Å². The van der Waals surface area contributed by atoms with Gasteiger partial charge in [0.25, 0.3) is 5.78 Å². The van der Waals surface area contributed by atoms with Gasteiger partial charge in [-0.05, 0) is 72.1 Å². The van der Waals surface area contributed by atoms with Gasteiger partial charge in [-0.1, -0.05) is 72.8 Å². The number of hydrogen-bond acceptors (Lipinski definition) is 5. The number of rotatable bonds is 10. The molecule has 1 aliphatic carbocycles. The first-order chi connectivity index (χ1) is 20.0. The normalized spacial score (nSPS) is 14.8. The number of ketones is 1. The molecular formula is C33H32N4O4. The molecule has 41 heavy (non-hydrogen) atoms. The predicted molar refractivity (Wildman–Crippen MR) is 157 cm³/mol. The Morgan fingerprint density at radius 1 is 0.902 bits per heavy atom. The summed E-state index contributed by atoms with van der Waals surface area (Å²) in [7, 11) is 0. The van der Waals surface area contributed by atoms with Crippen LogP contribution in [0.1, 0.15) is 63.8 Å². The standard InChI is InChI=1S/C33H32N4O4/c38-31(32(39)40)29-18-8-16-27-23(12-7-17-28(27)29)19-21-37(26-14-5-2-6-15-26)36-33(41)35-30(24-10-3-1-4-11-24)25-13-9-20-34-22-25/h1-6,8-11,13-16,18,20,22-23,30H,7,12,17,19,21H2,(H,39,40)(H2,35,36,41). The fraction of sp³-hybridized carbons (Fsp3) is 0.212. The van der Waals surface area contributed by atoms with E-state index in [-0.39, 0.29) is 17.5 Å². The number of amides is 2. The van der Waals surface area contributed by atoms with E-state index in [0.717, 1.165) is 40.8 Å². The first-order valence-corrected chi connectivity index (χ1v) is 13.7. The molecule has 0 aliphatic heterocycles. The van der Waals surface area contributed by atoms with Crippen molar-refractivity contribution in [2.24, 2.45) is 0 Å². The van der Waals surface area contributed by atoms with Crippen LogP contribution >= 0.6 is 0 Å². The van der Waals surface area contributed by atoms with Crippen molar-refractivity contribution in [1.29, 1.82) is 0 Å². The van der Waals surface area contributed by atoms with E-state index in [9.17, 15) is 19.5 Å². The third-order valence-corrected chi connectivity index (χ3v) is 7.50. The second kappa shape index (κ2) is 12.9. The van der Waals surface area contributed by atoms with Crippen LogP contribution < -0.4 is 15.8 Å². The van der Waals surface area contributed by atoms with E-state index in [1.54, 1.807) is 24.5 Å². The molecule has 1 aromatic heterocycles. The average molecular weight is 549 g/mol. The number of benzene rings is 3. The SMILES string of the molecule is O=C(NC(c1ccccc1)c1cccnc1)NN(CCC1CCCc2c(C(=O)C(=O)O)cccc21)c1ccccc1. The number of hydrogen-bond donors (Lipinski definition) is 3. The quantitative estimate of drug-likeness (QED) is 0.134. The van der Waals surface area contributed by atoms with E-state index in [1.807, 2.05) is 83.9 Å². The summed E-state index contributed by atoms with van der Waals surface area (Å²) in [6.45, 7) is 0.515. The number of aromatic nitrogens is 1. The van der Waals surface area contributed by atoms with Crippen LogP contribution in [0.2, 0.25) is 0 Å². The number of aliphatic carboxylic acids is 1. The number of carboxylic acids is 1. The predicted octanol–water partition coefficient (Wildman–Crippen LogP) is 5.67. The fourth-order valence-corrected chi connectivity index (χ4v) is 5.55. The van der Waals surface area contributed by atoms with Gasteiger partial charge in [-0.2, -0.15) is 0 Å². The van der Waals surface area contributed by atoms with Crippen LogP contribution in [0.4, 0.5) is 10.5 Å². The van der Waals surface area contributed by atoms with Crippen LogP contribution in [0.25, 0.3) is 0 Å². The second-order valence-corrected chi connectivity index (χ2v) is 10.1. The van der Waals surface area contributed by atoms with Crippen LogP contribution in [-0.2, 0) is 11.2 Å². The highest BCUT2D eigenvalue weighted by Gasteiger charge is 2.27. The van der Waals surface area contributed by atoms with E-state index in [4.69, 9.17) is 0 Å². The monoisotopic (exact) mass is 548 g/mol. The maximum absolute atomic E-state index is 13.4. The van der Waals surface area contributed by atoms with Crippen molar-refractivity contribution in [2.45, 2.75) is 37.6 Å². The van der Waals surface area contributed by atoms with Gasteiger partial charge in [-0.25, -0.2) is 15.0 Å². The van der Waals surface area contributed by atoms with Gasteiger partial charge in [0.2, 0.25) is 0 Å². The van der Waals surface area contributed by atoms with E-state index in [0.29, 0.717) is 19.4 Å². The van der Waals surface area contributed by atoms with Gasteiger partial charge in [-0.3, -0.25) is 14.8 Å². The number of nitrogens with zero attached hydrogens (tertiary/aromatic N) is 2. The third kappa shape index (κ3) is 6.61. The molecule has 3 aromatic carbocycles. The molecule has 2 atom stereocenters. The lowest BCUT2D eigenvalue weighted by Gasteiger charge is -2.31. The average Bonchev–Trinajstić information content (AvgIpc) is 3.02. The highest BCUT2D eigenvalue weighted by Crippen LogP contribution is 2.36. The molecule has 3 N–H and O–H groups in total. The number of carbonyl (C=O) groups excluding carboxylic acids is 2. The number of Topliss-reactive ketones (excluding diaryl/α,β-unsaturated/α-hetero) is 1. The number of para-hydroxylation sites is 1. The van der Waals surface area contributed by atoms with Crippen molar-refractivity contribution >= 4 is 23.5 Å². The Labute approximate surface area is 239 Å². The van der Waals surface area contributed by atoms with Crippen molar-refractivity contribution in [3.63, 3.8) is 0 Å². The summed E-state index contributed by atoms with van der Waals surface area (Å²) in [5, 5.41) is 14.2. The maximum atomic E-state index is 13.4. The van der Waals surface area contributed by atoms with Gasteiger partial charge < -0.3 is 10.4 Å². The highest BCUT2D eigenvalue weighted by atomic mass is 16.4. The Morgan fingerprint density at radius 2 is 1.63 bits per heavy atom. The Balaban J connectivity index is 1.34. The first-order valence-electron chi connectivity index (χ1n) is 13.7. The molecule has 2 amide bonds. The van der Waals surface area contributed by atoms with Crippen molar-refractivity contribution in [2.75, 3.05) is 11.6 Å². The number of fused-ring (bicyclic) bond motifs is 1. The number of nitrogens with one attached hydrogen (secondary N) is 2. The summed E-state index contributed by atoms with van der Waals surface area (Å²) in [5.41, 5.74) is 7.81. The van der Waals surface area contributed by atoms with Crippen LogP contribution in [0.5, 0.6) is 0 Å². The molecule has 0 saturated carbocycles. The summed E-state index contributed by atoms with van der Waals surface area (Å²) >= 11 is 0. The molecule has 0 saturated heterocycles. The minimum absolute atomic E-state index is 0.129. The molecule has 5 rings (SSSR count). The van der Waals surface area contributed by atoms with Crippen molar-refractivity contribution < 1.29 is 19.5 Å². The van der Waals surface area contributed by atoms with Crippen LogP contribution in [0.3, 0.4) is 0 Å². The Kier molecular flexibility index (Phi) is 8.69. The summed E-state index contributed by atoms with van der Waals surface area (Å²) in [6, 6.07) is 27.8. The zero-order valence-corrected chi connectivity index (χ0v) is 22.6. The van der Waals surface area contributed by atoms with E-state index >= 15 is 0 Å². The van der Waals surface area contributed by atoms with Crippen molar-refractivity contribution in [3.8, 4) is 0 Å². The molecular weight excluding hydrogens is 516 g/mol. The lowest BCUT2D eigenvalue weighted by atomic mass is 9.78. The lowest BCUT2D eigenvalue weighted by Crippen LogP contribution is -2.49. The zero-order valence-electron chi connectivity index (χ0n) is 22.6. The van der Waals surface area contributed by atoms with Crippen molar-refractivity contribution in [3.05, 3.63) is 131 Å². The molecule has 2 unspecified atom stereocenters. The lowest BCUT2D eigenvalue weighted by molar-refractivity contribution is -0.131. The Morgan fingerprint density at radius 3 is 2.34 bits per heavy atom. The van der Waals surface area contributed by atoms with Gasteiger partial charge in [0.15, 0.2) is 0 Å². The zero-order chi connectivity index (χ0) is 28.6. The summed E-state index contributed by atoms with van der Waals surface area (Å²) in [6.07, 6.45) is 6.62. The maximum Gasteiger partial charge on any atom is 0.377 e. The van der Waals surface area contributed by atoms with E-state index in [2.05, 4.69) is 15.7 Å². The van der Waals surface area contributed by atoms with Gasteiger partial charge in [0.05, 0.1) is 11.7 Å². The first kappa shape index (κ1) is 27.6. The molecule has 208 valence electrons. The minimum atomic E-state index is -1.44. The number of anilines is 1.